The van der Waals surface area contributed by atoms with E-state index in [1.165, 1.54) is 0 Å². The summed E-state index contributed by atoms with van der Waals surface area (Å²) in [7, 11) is 0. The first-order chi connectivity index (χ1) is 6.69. The average Bonchev–Trinajstić information content (AvgIpc) is 2.15. The van der Waals surface area contributed by atoms with Gasteiger partial charge in [0.25, 0.3) is 0 Å². The second kappa shape index (κ2) is 5.35. The van der Waals surface area contributed by atoms with Gasteiger partial charge in [0.1, 0.15) is 0 Å². The quantitative estimate of drug-likeness (QED) is 0.805. The summed E-state index contributed by atoms with van der Waals surface area (Å²) in [4.78, 5) is 0. The van der Waals surface area contributed by atoms with Crippen LogP contribution >= 0.6 is 11.6 Å². The molecule has 3 heteroatoms. The van der Waals surface area contributed by atoms with E-state index in [1.807, 2.05) is 32.0 Å². The Balaban J connectivity index is 2.92. The minimum Gasteiger partial charge on any atom is -0.394 e. The molecule has 14 heavy (non-hydrogen) atoms. The predicted octanol–water partition coefficient (Wildman–Crippen LogP) is 2.29. The second-order valence-corrected chi connectivity index (χ2v) is 3.73. The highest BCUT2D eigenvalue weighted by Gasteiger charge is 2.10. The molecule has 0 aliphatic heterocycles. The van der Waals surface area contributed by atoms with Crippen LogP contribution in [-0.4, -0.2) is 18.3 Å². The fourth-order valence-electron chi connectivity index (χ4n) is 1.55. The molecule has 0 aliphatic rings. The van der Waals surface area contributed by atoms with Crippen LogP contribution in [0.1, 0.15) is 24.1 Å². The number of halogens is 1. The van der Waals surface area contributed by atoms with E-state index in [0.717, 1.165) is 22.7 Å². The van der Waals surface area contributed by atoms with Gasteiger partial charge in [-0.3, -0.25) is 0 Å². The lowest BCUT2D eigenvalue weighted by atomic mass is 10.0. The fourth-order valence-corrected chi connectivity index (χ4v) is 1.78. The number of aryl methyl sites for hydroxylation is 1. The zero-order chi connectivity index (χ0) is 10.6. The highest BCUT2D eigenvalue weighted by Crippen LogP contribution is 2.20. The van der Waals surface area contributed by atoms with E-state index < -0.39 is 0 Å². The predicted molar refractivity (Wildman–Crippen MR) is 59.7 cm³/mol. The van der Waals surface area contributed by atoms with Crippen molar-refractivity contribution in [2.45, 2.75) is 19.9 Å². The molecule has 1 aromatic carbocycles. The molecule has 1 aromatic rings. The smallest absolute Gasteiger partial charge is 0.0626 e. The van der Waals surface area contributed by atoms with Crippen LogP contribution in [0.2, 0.25) is 5.02 Å². The van der Waals surface area contributed by atoms with Crippen molar-refractivity contribution in [3.05, 3.63) is 34.3 Å². The van der Waals surface area contributed by atoms with Crippen molar-refractivity contribution in [3.8, 4) is 0 Å². The van der Waals surface area contributed by atoms with Gasteiger partial charge in [0, 0.05) is 5.02 Å². The molecule has 2 N–H and O–H groups in total. The average molecular weight is 214 g/mol. The molecule has 2 nitrogen and oxygen atoms in total. The summed E-state index contributed by atoms with van der Waals surface area (Å²) < 4.78 is 0. The maximum atomic E-state index is 9.21. The van der Waals surface area contributed by atoms with E-state index in [2.05, 4.69) is 5.32 Å². The Bertz CT molecular complexity index is 301. The van der Waals surface area contributed by atoms with Crippen molar-refractivity contribution in [1.82, 2.24) is 5.32 Å². The van der Waals surface area contributed by atoms with Crippen molar-refractivity contribution in [2.24, 2.45) is 0 Å². The summed E-state index contributed by atoms with van der Waals surface area (Å²) >= 11 is 5.86. The molecule has 1 rings (SSSR count). The molecule has 0 saturated carbocycles. The van der Waals surface area contributed by atoms with Crippen molar-refractivity contribution in [2.75, 3.05) is 13.2 Å². The van der Waals surface area contributed by atoms with Gasteiger partial charge in [0.05, 0.1) is 12.6 Å². The van der Waals surface area contributed by atoms with E-state index >= 15 is 0 Å². The normalized spacial score (nSPS) is 12.9. The summed E-state index contributed by atoms with van der Waals surface area (Å²) in [5, 5.41) is 13.2. The molecule has 0 aromatic heterocycles. The molecular weight excluding hydrogens is 198 g/mol. The van der Waals surface area contributed by atoms with Crippen LogP contribution in [0.25, 0.3) is 0 Å². The molecule has 0 aliphatic carbocycles. The van der Waals surface area contributed by atoms with Crippen molar-refractivity contribution >= 4 is 11.6 Å². The highest BCUT2D eigenvalue weighted by atomic mass is 35.5. The van der Waals surface area contributed by atoms with Crippen molar-refractivity contribution in [1.29, 1.82) is 0 Å². The highest BCUT2D eigenvalue weighted by molar-refractivity contribution is 6.30. The Hall–Kier alpha value is -0.570. The van der Waals surface area contributed by atoms with Gasteiger partial charge in [-0.25, -0.2) is 0 Å². The SMILES string of the molecule is CCNC(CO)c1ccc(Cl)cc1C. The Kier molecular flexibility index (Phi) is 4.39. The number of benzene rings is 1. The van der Waals surface area contributed by atoms with Gasteiger partial charge in [-0.1, -0.05) is 24.6 Å². The molecule has 1 atom stereocenters. The van der Waals surface area contributed by atoms with E-state index in [-0.39, 0.29) is 12.6 Å². The molecule has 0 bridgehead atoms. The third kappa shape index (κ3) is 2.71. The van der Waals surface area contributed by atoms with E-state index in [4.69, 9.17) is 11.6 Å². The van der Waals surface area contributed by atoms with E-state index in [9.17, 15) is 5.11 Å². The molecule has 0 fully saturated rings. The Labute approximate surface area is 89.9 Å². The van der Waals surface area contributed by atoms with Crippen LogP contribution in [-0.2, 0) is 0 Å². The zero-order valence-corrected chi connectivity index (χ0v) is 9.30. The lowest BCUT2D eigenvalue weighted by Crippen LogP contribution is -2.24. The molecule has 1 unspecified atom stereocenters. The molecule has 0 saturated heterocycles. The standard InChI is InChI=1S/C11H16ClNO/c1-3-13-11(7-14)10-5-4-9(12)6-8(10)2/h4-6,11,13-14H,3,7H2,1-2H3. The number of aliphatic hydroxyl groups excluding tert-OH is 1. The van der Waals surface area contributed by atoms with Gasteiger partial charge in [-0.2, -0.15) is 0 Å². The van der Waals surface area contributed by atoms with Gasteiger partial charge in [0.2, 0.25) is 0 Å². The first kappa shape index (κ1) is 11.5. The third-order valence-electron chi connectivity index (χ3n) is 2.24. The summed E-state index contributed by atoms with van der Waals surface area (Å²) in [5.41, 5.74) is 2.22. The van der Waals surface area contributed by atoms with Gasteiger partial charge >= 0.3 is 0 Å². The number of nitrogens with one attached hydrogen (secondary N) is 1. The maximum Gasteiger partial charge on any atom is 0.0626 e. The van der Waals surface area contributed by atoms with Gasteiger partial charge in [-0.15, -0.1) is 0 Å². The number of rotatable bonds is 4. The summed E-state index contributed by atoms with van der Waals surface area (Å²) in [6.07, 6.45) is 0. The number of hydrogen-bond donors (Lipinski definition) is 2. The summed E-state index contributed by atoms with van der Waals surface area (Å²) in [5.74, 6) is 0. The van der Waals surface area contributed by atoms with Crippen LogP contribution < -0.4 is 5.32 Å². The van der Waals surface area contributed by atoms with Crippen LogP contribution in [0.5, 0.6) is 0 Å². The minimum atomic E-state index is 0.0114. The molecule has 0 heterocycles. The number of likely N-dealkylation sites (N-methyl/N-ethyl adjacent to an activating group) is 1. The monoisotopic (exact) mass is 213 g/mol. The van der Waals surface area contributed by atoms with Crippen molar-refractivity contribution < 1.29 is 5.11 Å². The minimum absolute atomic E-state index is 0.0114. The molecule has 0 amide bonds. The lowest BCUT2D eigenvalue weighted by Gasteiger charge is -2.17. The topological polar surface area (TPSA) is 32.3 Å². The van der Waals surface area contributed by atoms with Crippen LogP contribution in [0, 0.1) is 6.92 Å². The Morgan fingerprint density at radius 2 is 2.21 bits per heavy atom. The van der Waals surface area contributed by atoms with E-state index in [0.29, 0.717) is 0 Å². The van der Waals surface area contributed by atoms with Gasteiger partial charge < -0.3 is 10.4 Å². The van der Waals surface area contributed by atoms with Crippen LogP contribution in [0.4, 0.5) is 0 Å². The number of hydrogen-bond acceptors (Lipinski definition) is 2. The first-order valence-corrected chi connectivity index (χ1v) is 5.17. The first-order valence-electron chi connectivity index (χ1n) is 4.79. The molecular formula is C11H16ClNO. The maximum absolute atomic E-state index is 9.21. The molecule has 78 valence electrons. The van der Waals surface area contributed by atoms with Crippen molar-refractivity contribution in [3.63, 3.8) is 0 Å². The number of aliphatic hydroxyl groups is 1. The fraction of sp³-hybridized carbons (Fsp3) is 0.455. The second-order valence-electron chi connectivity index (χ2n) is 3.29. The van der Waals surface area contributed by atoms with Gasteiger partial charge in [-0.05, 0) is 36.7 Å². The van der Waals surface area contributed by atoms with E-state index in [1.54, 1.807) is 0 Å². The van der Waals surface area contributed by atoms with Crippen LogP contribution in [0.15, 0.2) is 18.2 Å². The summed E-state index contributed by atoms with van der Waals surface area (Å²) in [6, 6.07) is 5.74. The van der Waals surface area contributed by atoms with Crippen LogP contribution in [0.3, 0.4) is 0 Å². The Morgan fingerprint density at radius 3 is 2.71 bits per heavy atom. The summed E-state index contributed by atoms with van der Waals surface area (Å²) in [6.45, 7) is 4.97. The largest absolute Gasteiger partial charge is 0.394 e. The third-order valence-corrected chi connectivity index (χ3v) is 2.48. The molecule has 0 spiro atoms. The zero-order valence-electron chi connectivity index (χ0n) is 8.55. The Morgan fingerprint density at radius 1 is 1.50 bits per heavy atom. The molecule has 0 radical (unpaired) electrons. The lowest BCUT2D eigenvalue weighted by molar-refractivity contribution is 0.246. The van der Waals surface area contributed by atoms with Gasteiger partial charge in [0.15, 0.2) is 0 Å².